The zero-order valence-electron chi connectivity index (χ0n) is 11.0. The Morgan fingerprint density at radius 3 is 2.12 bits per heavy atom. The summed E-state index contributed by atoms with van der Waals surface area (Å²) in [6.45, 7) is 8.12. The van der Waals surface area contributed by atoms with Crippen molar-refractivity contribution in [2.75, 3.05) is 18.4 Å². The summed E-state index contributed by atoms with van der Waals surface area (Å²) in [6.07, 6.45) is 5.33. The number of carbonyl (C=O) groups excluding carboxylic acids is 1. The SMILES string of the molecule is CCCC(CCC)C(=O)N(CC)CCCBr. The van der Waals surface area contributed by atoms with E-state index < -0.39 is 0 Å². The maximum Gasteiger partial charge on any atom is 0.225 e. The van der Waals surface area contributed by atoms with Crippen molar-refractivity contribution in [3.8, 4) is 0 Å². The van der Waals surface area contributed by atoms with Gasteiger partial charge in [0.1, 0.15) is 0 Å². The van der Waals surface area contributed by atoms with Gasteiger partial charge < -0.3 is 4.90 Å². The van der Waals surface area contributed by atoms with E-state index in [2.05, 4.69) is 36.7 Å². The summed E-state index contributed by atoms with van der Waals surface area (Å²) in [6, 6.07) is 0. The fraction of sp³-hybridized carbons (Fsp3) is 0.923. The molecule has 0 atom stereocenters. The fourth-order valence-corrected chi connectivity index (χ4v) is 2.27. The zero-order chi connectivity index (χ0) is 12.4. The molecule has 0 N–H and O–H groups in total. The lowest BCUT2D eigenvalue weighted by atomic mass is 9.96. The van der Waals surface area contributed by atoms with E-state index in [4.69, 9.17) is 0 Å². The summed E-state index contributed by atoms with van der Waals surface area (Å²) in [5, 5.41) is 0.975. The van der Waals surface area contributed by atoms with Gasteiger partial charge in [0.05, 0.1) is 0 Å². The normalized spacial score (nSPS) is 10.8. The van der Waals surface area contributed by atoms with E-state index in [9.17, 15) is 4.79 Å². The molecule has 16 heavy (non-hydrogen) atoms. The molecule has 0 fully saturated rings. The Balaban J connectivity index is 4.29. The molecule has 0 saturated heterocycles. The first kappa shape index (κ1) is 16.0. The second-order valence-corrected chi connectivity index (χ2v) is 5.03. The van der Waals surface area contributed by atoms with E-state index in [0.717, 1.165) is 50.5 Å². The second-order valence-electron chi connectivity index (χ2n) is 4.23. The van der Waals surface area contributed by atoms with Crippen LogP contribution >= 0.6 is 15.9 Å². The number of hydrogen-bond acceptors (Lipinski definition) is 1. The molecule has 0 aliphatic carbocycles. The number of alkyl halides is 1. The van der Waals surface area contributed by atoms with Crippen LogP contribution in [0.5, 0.6) is 0 Å². The molecule has 0 bridgehead atoms. The first-order valence-electron chi connectivity index (χ1n) is 6.55. The van der Waals surface area contributed by atoms with E-state index in [1.807, 2.05) is 4.90 Å². The van der Waals surface area contributed by atoms with Crippen molar-refractivity contribution < 1.29 is 4.79 Å². The molecule has 0 aromatic heterocycles. The minimum atomic E-state index is 0.255. The third kappa shape index (κ3) is 5.88. The smallest absolute Gasteiger partial charge is 0.225 e. The standard InChI is InChI=1S/C13H26BrNO/c1-4-8-12(9-5-2)13(16)15(6-3)11-7-10-14/h12H,4-11H2,1-3H3. The highest BCUT2D eigenvalue weighted by atomic mass is 79.9. The van der Waals surface area contributed by atoms with Crippen molar-refractivity contribution in [1.82, 2.24) is 4.90 Å². The predicted molar refractivity (Wildman–Crippen MR) is 74.0 cm³/mol. The van der Waals surface area contributed by atoms with Crippen LogP contribution in [-0.2, 0) is 4.79 Å². The van der Waals surface area contributed by atoms with Crippen LogP contribution in [0.4, 0.5) is 0 Å². The molecule has 0 unspecified atom stereocenters. The van der Waals surface area contributed by atoms with E-state index in [1.165, 1.54) is 0 Å². The van der Waals surface area contributed by atoms with Crippen LogP contribution in [-0.4, -0.2) is 29.2 Å². The topological polar surface area (TPSA) is 20.3 Å². The molecule has 0 aliphatic rings. The monoisotopic (exact) mass is 291 g/mol. The van der Waals surface area contributed by atoms with Gasteiger partial charge in [0, 0.05) is 24.3 Å². The van der Waals surface area contributed by atoms with E-state index in [-0.39, 0.29) is 5.92 Å². The molecule has 0 aromatic carbocycles. The molecule has 0 aliphatic heterocycles. The highest BCUT2D eigenvalue weighted by Gasteiger charge is 2.21. The van der Waals surface area contributed by atoms with Crippen LogP contribution in [0.15, 0.2) is 0 Å². The number of nitrogens with zero attached hydrogens (tertiary/aromatic N) is 1. The first-order chi connectivity index (χ1) is 7.71. The Hall–Kier alpha value is -0.0500. The highest BCUT2D eigenvalue weighted by molar-refractivity contribution is 9.09. The zero-order valence-corrected chi connectivity index (χ0v) is 12.6. The van der Waals surface area contributed by atoms with Gasteiger partial charge in [-0.15, -0.1) is 0 Å². The van der Waals surface area contributed by atoms with Gasteiger partial charge in [-0.2, -0.15) is 0 Å². The van der Waals surface area contributed by atoms with Gasteiger partial charge in [-0.25, -0.2) is 0 Å². The molecular formula is C13H26BrNO. The van der Waals surface area contributed by atoms with E-state index in [0.29, 0.717) is 5.91 Å². The van der Waals surface area contributed by atoms with Crippen LogP contribution in [0, 0.1) is 5.92 Å². The number of amides is 1. The Morgan fingerprint density at radius 2 is 1.75 bits per heavy atom. The van der Waals surface area contributed by atoms with Crippen molar-refractivity contribution in [3.63, 3.8) is 0 Å². The van der Waals surface area contributed by atoms with Crippen LogP contribution in [0.3, 0.4) is 0 Å². The Kier molecular flexibility index (Phi) is 10.1. The number of carbonyl (C=O) groups is 1. The van der Waals surface area contributed by atoms with Gasteiger partial charge >= 0.3 is 0 Å². The Bertz CT molecular complexity index is 179. The van der Waals surface area contributed by atoms with Crippen molar-refractivity contribution in [2.45, 2.75) is 52.9 Å². The quantitative estimate of drug-likeness (QED) is 0.591. The minimum absolute atomic E-state index is 0.255. The third-order valence-corrected chi connectivity index (χ3v) is 3.44. The summed E-state index contributed by atoms with van der Waals surface area (Å²) < 4.78 is 0. The molecule has 1 amide bonds. The molecular weight excluding hydrogens is 266 g/mol. The highest BCUT2D eigenvalue weighted by Crippen LogP contribution is 2.17. The predicted octanol–water partition coefficient (Wildman–Crippen LogP) is 3.84. The van der Waals surface area contributed by atoms with Crippen LogP contribution in [0.25, 0.3) is 0 Å². The molecule has 0 rings (SSSR count). The third-order valence-electron chi connectivity index (χ3n) is 2.88. The average Bonchev–Trinajstić information content (AvgIpc) is 2.29. The summed E-state index contributed by atoms with van der Waals surface area (Å²) in [7, 11) is 0. The van der Waals surface area contributed by atoms with Gasteiger partial charge in [-0.3, -0.25) is 4.79 Å². The van der Waals surface area contributed by atoms with Crippen LogP contribution < -0.4 is 0 Å². The molecule has 96 valence electrons. The van der Waals surface area contributed by atoms with Crippen molar-refractivity contribution in [3.05, 3.63) is 0 Å². The lowest BCUT2D eigenvalue weighted by Gasteiger charge is -2.26. The van der Waals surface area contributed by atoms with Crippen LogP contribution in [0.2, 0.25) is 0 Å². The summed E-state index contributed by atoms with van der Waals surface area (Å²) in [4.78, 5) is 14.3. The molecule has 0 spiro atoms. The lowest BCUT2D eigenvalue weighted by Crippen LogP contribution is -2.37. The molecule has 0 saturated carbocycles. The molecule has 2 nitrogen and oxygen atoms in total. The van der Waals surface area contributed by atoms with Crippen molar-refractivity contribution >= 4 is 21.8 Å². The largest absolute Gasteiger partial charge is 0.343 e. The van der Waals surface area contributed by atoms with Gasteiger partial charge in [-0.1, -0.05) is 42.6 Å². The van der Waals surface area contributed by atoms with Gasteiger partial charge in [-0.05, 0) is 26.2 Å². The Labute approximate surface area is 109 Å². The lowest BCUT2D eigenvalue weighted by molar-refractivity contribution is -0.135. The maximum absolute atomic E-state index is 12.3. The number of hydrogen-bond donors (Lipinski definition) is 0. The average molecular weight is 292 g/mol. The van der Waals surface area contributed by atoms with Crippen LogP contribution in [0.1, 0.15) is 52.9 Å². The Morgan fingerprint density at radius 1 is 1.19 bits per heavy atom. The number of halogens is 1. The summed E-state index contributed by atoms with van der Waals surface area (Å²) >= 11 is 3.42. The summed E-state index contributed by atoms with van der Waals surface area (Å²) in [5.41, 5.74) is 0. The minimum Gasteiger partial charge on any atom is -0.343 e. The number of rotatable bonds is 9. The van der Waals surface area contributed by atoms with Crippen molar-refractivity contribution in [2.24, 2.45) is 5.92 Å². The molecule has 0 aromatic rings. The first-order valence-corrected chi connectivity index (χ1v) is 7.68. The summed E-state index contributed by atoms with van der Waals surface area (Å²) in [5.74, 6) is 0.623. The fourth-order valence-electron chi connectivity index (χ4n) is 2.02. The van der Waals surface area contributed by atoms with Gasteiger partial charge in [0.25, 0.3) is 0 Å². The van der Waals surface area contributed by atoms with Gasteiger partial charge in [0.15, 0.2) is 0 Å². The van der Waals surface area contributed by atoms with E-state index in [1.54, 1.807) is 0 Å². The molecule has 3 heteroatoms. The van der Waals surface area contributed by atoms with Gasteiger partial charge in [0.2, 0.25) is 5.91 Å². The van der Waals surface area contributed by atoms with E-state index >= 15 is 0 Å². The maximum atomic E-state index is 12.3. The van der Waals surface area contributed by atoms with Crippen molar-refractivity contribution in [1.29, 1.82) is 0 Å². The second kappa shape index (κ2) is 10.1. The molecule has 0 heterocycles. The molecule has 0 radical (unpaired) electrons.